The second kappa shape index (κ2) is 7.57. The number of methoxy groups -OCH3 is 1. The van der Waals surface area contributed by atoms with Gasteiger partial charge in [-0.2, -0.15) is 0 Å². The van der Waals surface area contributed by atoms with E-state index < -0.39 is 12.6 Å². The molecular formula is C14H16ClN3O3S. The maximum Gasteiger partial charge on any atom is 0.264 e. The minimum absolute atomic E-state index is 0.373. The van der Waals surface area contributed by atoms with E-state index in [2.05, 4.69) is 5.32 Å². The summed E-state index contributed by atoms with van der Waals surface area (Å²) in [6.07, 6.45) is -1.84. The first-order valence-corrected chi connectivity index (χ1v) is 7.56. The molecule has 5 N–H and O–H groups in total. The molecule has 1 amide bonds. The standard InChI is InChI=1S/C14H16ClN3O3S/c1-20-9-4-2-3-8(7-9)12(16)21-14(17)18-13(19)10-5-6-11(15)22-10/h2-7,12,14H,16-17H2,1H3,(H,18,19). The molecule has 0 aliphatic carbocycles. The fourth-order valence-electron chi connectivity index (χ4n) is 1.73. The zero-order valence-corrected chi connectivity index (χ0v) is 13.4. The number of nitrogens with one attached hydrogen (secondary N) is 1. The van der Waals surface area contributed by atoms with Crippen molar-refractivity contribution >= 4 is 28.8 Å². The highest BCUT2D eigenvalue weighted by Gasteiger charge is 2.16. The van der Waals surface area contributed by atoms with Crippen molar-refractivity contribution in [2.24, 2.45) is 11.5 Å². The Morgan fingerprint density at radius 1 is 1.32 bits per heavy atom. The maximum atomic E-state index is 11.9. The van der Waals surface area contributed by atoms with Crippen molar-refractivity contribution in [1.29, 1.82) is 0 Å². The smallest absolute Gasteiger partial charge is 0.264 e. The molecule has 0 bridgehead atoms. The van der Waals surface area contributed by atoms with E-state index in [9.17, 15) is 4.79 Å². The Morgan fingerprint density at radius 3 is 2.73 bits per heavy atom. The second-order valence-corrected chi connectivity index (χ2v) is 6.05. The number of nitrogens with two attached hydrogens (primary N) is 2. The van der Waals surface area contributed by atoms with Crippen molar-refractivity contribution < 1.29 is 14.3 Å². The van der Waals surface area contributed by atoms with Crippen LogP contribution >= 0.6 is 22.9 Å². The lowest BCUT2D eigenvalue weighted by Gasteiger charge is -2.20. The number of carbonyl (C=O) groups excluding carboxylic acids is 1. The van der Waals surface area contributed by atoms with Gasteiger partial charge in [-0.25, -0.2) is 0 Å². The number of benzene rings is 1. The minimum Gasteiger partial charge on any atom is -0.497 e. The molecule has 118 valence electrons. The molecule has 0 radical (unpaired) electrons. The molecule has 0 aliphatic heterocycles. The van der Waals surface area contributed by atoms with Crippen molar-refractivity contribution in [1.82, 2.24) is 5.32 Å². The number of halogens is 1. The van der Waals surface area contributed by atoms with E-state index in [1.54, 1.807) is 43.5 Å². The topological polar surface area (TPSA) is 99.6 Å². The van der Waals surface area contributed by atoms with Crippen LogP contribution in [0.25, 0.3) is 0 Å². The lowest BCUT2D eigenvalue weighted by molar-refractivity contribution is -0.0216. The SMILES string of the molecule is COc1cccc(C(N)OC(N)NC(=O)c2ccc(Cl)s2)c1. The lowest BCUT2D eigenvalue weighted by atomic mass is 10.2. The molecule has 2 rings (SSSR count). The Kier molecular flexibility index (Phi) is 5.76. The van der Waals surface area contributed by atoms with E-state index in [0.29, 0.717) is 20.5 Å². The van der Waals surface area contributed by atoms with E-state index in [1.165, 1.54) is 0 Å². The predicted octanol–water partition coefficient (Wildman–Crippen LogP) is 2.06. The minimum atomic E-state index is -1.05. The summed E-state index contributed by atoms with van der Waals surface area (Å²) in [5.41, 5.74) is 12.3. The predicted molar refractivity (Wildman–Crippen MR) is 85.8 cm³/mol. The number of hydrogen-bond donors (Lipinski definition) is 3. The molecule has 0 saturated carbocycles. The summed E-state index contributed by atoms with van der Waals surface area (Å²) >= 11 is 6.93. The molecular weight excluding hydrogens is 326 g/mol. The van der Waals surface area contributed by atoms with Crippen molar-refractivity contribution in [3.63, 3.8) is 0 Å². The van der Waals surface area contributed by atoms with Crippen molar-refractivity contribution in [3.05, 3.63) is 51.2 Å². The van der Waals surface area contributed by atoms with Gasteiger partial charge in [0.2, 0.25) is 0 Å². The first-order valence-electron chi connectivity index (χ1n) is 6.36. The number of amides is 1. The quantitative estimate of drug-likeness (QED) is 0.698. The van der Waals surface area contributed by atoms with Gasteiger partial charge in [0.25, 0.3) is 5.91 Å². The van der Waals surface area contributed by atoms with Crippen LogP contribution in [-0.2, 0) is 4.74 Å². The molecule has 22 heavy (non-hydrogen) atoms. The van der Waals surface area contributed by atoms with Gasteiger partial charge >= 0.3 is 0 Å². The van der Waals surface area contributed by atoms with Gasteiger partial charge in [0.15, 0.2) is 6.35 Å². The molecule has 6 nitrogen and oxygen atoms in total. The molecule has 0 spiro atoms. The number of hydrogen-bond acceptors (Lipinski definition) is 6. The van der Waals surface area contributed by atoms with Crippen LogP contribution in [0, 0.1) is 0 Å². The van der Waals surface area contributed by atoms with E-state index in [-0.39, 0.29) is 5.91 Å². The van der Waals surface area contributed by atoms with Crippen LogP contribution in [0.4, 0.5) is 0 Å². The zero-order chi connectivity index (χ0) is 16.1. The van der Waals surface area contributed by atoms with Crippen LogP contribution in [0.5, 0.6) is 5.75 Å². The first-order chi connectivity index (χ1) is 10.5. The molecule has 2 unspecified atom stereocenters. The summed E-state index contributed by atoms with van der Waals surface area (Å²) in [4.78, 5) is 12.4. The van der Waals surface area contributed by atoms with Gasteiger partial charge in [-0.05, 0) is 29.8 Å². The zero-order valence-electron chi connectivity index (χ0n) is 11.8. The largest absolute Gasteiger partial charge is 0.497 e. The van der Waals surface area contributed by atoms with E-state index in [1.807, 2.05) is 0 Å². The van der Waals surface area contributed by atoms with Crippen molar-refractivity contribution in [2.75, 3.05) is 7.11 Å². The Bertz CT molecular complexity index is 650. The van der Waals surface area contributed by atoms with Gasteiger partial charge in [-0.1, -0.05) is 23.7 Å². The Balaban J connectivity index is 1.93. The summed E-state index contributed by atoms with van der Waals surface area (Å²) in [5, 5.41) is 2.50. The van der Waals surface area contributed by atoms with Crippen LogP contribution in [0.2, 0.25) is 4.34 Å². The molecule has 1 heterocycles. The molecule has 2 atom stereocenters. The monoisotopic (exact) mass is 341 g/mol. The fraction of sp³-hybridized carbons (Fsp3) is 0.214. The van der Waals surface area contributed by atoms with E-state index in [4.69, 9.17) is 32.5 Å². The molecule has 1 aromatic heterocycles. The summed E-state index contributed by atoms with van der Waals surface area (Å²) in [6.45, 7) is 0. The van der Waals surface area contributed by atoms with Gasteiger partial charge in [0.1, 0.15) is 12.0 Å². The third-order valence-corrected chi connectivity index (χ3v) is 4.02. The number of carbonyl (C=O) groups is 1. The molecule has 0 aliphatic rings. The number of thiophene rings is 1. The summed E-state index contributed by atoms with van der Waals surface area (Å²) in [7, 11) is 1.56. The highest BCUT2D eigenvalue weighted by molar-refractivity contribution is 7.17. The summed E-state index contributed by atoms with van der Waals surface area (Å²) in [6, 6.07) is 10.3. The van der Waals surface area contributed by atoms with Crippen LogP contribution in [-0.4, -0.2) is 19.4 Å². The third kappa shape index (κ3) is 4.43. The molecule has 0 saturated heterocycles. The van der Waals surface area contributed by atoms with Crippen molar-refractivity contribution in [3.8, 4) is 5.75 Å². The van der Waals surface area contributed by atoms with Gasteiger partial charge in [0, 0.05) is 0 Å². The average molecular weight is 342 g/mol. The summed E-state index contributed by atoms with van der Waals surface area (Å²) < 4.78 is 11.0. The molecule has 8 heteroatoms. The van der Waals surface area contributed by atoms with E-state index >= 15 is 0 Å². The van der Waals surface area contributed by atoms with Gasteiger partial charge in [-0.3, -0.25) is 10.5 Å². The van der Waals surface area contributed by atoms with Crippen LogP contribution < -0.4 is 21.5 Å². The highest BCUT2D eigenvalue weighted by atomic mass is 35.5. The summed E-state index contributed by atoms with van der Waals surface area (Å²) in [5.74, 6) is 0.282. The van der Waals surface area contributed by atoms with Crippen LogP contribution in [0.15, 0.2) is 36.4 Å². The lowest BCUT2D eigenvalue weighted by Crippen LogP contribution is -2.45. The Labute approximate surface area is 137 Å². The first kappa shape index (κ1) is 16.7. The maximum absolute atomic E-state index is 11.9. The Hall–Kier alpha value is -1.64. The second-order valence-electron chi connectivity index (χ2n) is 4.33. The molecule has 0 fully saturated rings. The van der Waals surface area contributed by atoms with Crippen molar-refractivity contribution in [2.45, 2.75) is 12.6 Å². The van der Waals surface area contributed by atoms with Crippen LogP contribution in [0.3, 0.4) is 0 Å². The number of rotatable bonds is 6. The average Bonchev–Trinajstić information content (AvgIpc) is 2.93. The fourth-order valence-corrected chi connectivity index (χ4v) is 2.67. The van der Waals surface area contributed by atoms with Gasteiger partial charge in [0.05, 0.1) is 16.3 Å². The third-order valence-electron chi connectivity index (χ3n) is 2.79. The van der Waals surface area contributed by atoms with Crippen LogP contribution in [0.1, 0.15) is 21.5 Å². The molecule has 2 aromatic rings. The normalized spacial score (nSPS) is 13.5. The van der Waals surface area contributed by atoms with E-state index in [0.717, 1.165) is 11.3 Å². The van der Waals surface area contributed by atoms with Gasteiger partial charge in [-0.15, -0.1) is 11.3 Å². The Morgan fingerprint density at radius 2 is 2.09 bits per heavy atom. The molecule has 1 aromatic carbocycles. The number of ether oxygens (including phenoxy) is 2. The highest BCUT2D eigenvalue weighted by Crippen LogP contribution is 2.21. The van der Waals surface area contributed by atoms with Gasteiger partial charge < -0.3 is 20.5 Å².